The van der Waals surface area contributed by atoms with E-state index in [4.69, 9.17) is 0 Å². The summed E-state index contributed by atoms with van der Waals surface area (Å²) in [5.41, 5.74) is 2.64. The van der Waals surface area contributed by atoms with E-state index in [0.717, 1.165) is 25.9 Å². The number of aliphatic imine (C=N–C) groups is 1. The van der Waals surface area contributed by atoms with Gasteiger partial charge in [0, 0.05) is 18.7 Å². The Hall–Kier alpha value is -0.890. The summed E-state index contributed by atoms with van der Waals surface area (Å²) in [6.45, 7) is 3.94. The van der Waals surface area contributed by atoms with Gasteiger partial charge in [0.2, 0.25) is 0 Å². The molecule has 0 saturated carbocycles. The molecule has 0 saturated heterocycles. The van der Waals surface area contributed by atoms with E-state index in [9.17, 15) is 0 Å². The number of allylic oxidation sites excluding steroid dienone is 1. The molecule has 1 aliphatic heterocycles. The molecule has 13 heavy (non-hydrogen) atoms. The Morgan fingerprint density at radius 3 is 3.08 bits per heavy atom. The van der Waals surface area contributed by atoms with Gasteiger partial charge in [-0.2, -0.15) is 0 Å². The van der Waals surface area contributed by atoms with Crippen LogP contribution in [0.25, 0.3) is 0 Å². The molecule has 0 amide bonds. The first-order chi connectivity index (χ1) is 6.36. The van der Waals surface area contributed by atoms with E-state index in [2.05, 4.69) is 35.5 Å². The highest BCUT2D eigenvalue weighted by Crippen LogP contribution is 2.04. The average Bonchev–Trinajstić information content (AvgIpc) is 2.09. The fourth-order valence-electron chi connectivity index (χ4n) is 1.36. The molecular weight excluding hydrogens is 160 g/mol. The van der Waals surface area contributed by atoms with Gasteiger partial charge in [0.05, 0.1) is 6.54 Å². The first kappa shape index (κ1) is 10.2. The molecule has 1 rings (SSSR count). The molecular formula is C11H18N2. The van der Waals surface area contributed by atoms with E-state index in [0.29, 0.717) is 0 Å². The maximum atomic E-state index is 4.50. The zero-order valence-electron chi connectivity index (χ0n) is 8.51. The lowest BCUT2D eigenvalue weighted by atomic mass is 10.1. The van der Waals surface area contributed by atoms with Gasteiger partial charge < -0.3 is 5.32 Å². The molecule has 0 aromatic heterocycles. The van der Waals surface area contributed by atoms with Gasteiger partial charge in [-0.05, 0) is 19.0 Å². The minimum Gasteiger partial charge on any atom is -0.316 e. The quantitative estimate of drug-likeness (QED) is 0.701. The Labute approximate surface area is 80.4 Å². The fraction of sp³-hybridized carbons (Fsp3) is 0.545. The zero-order chi connectivity index (χ0) is 9.52. The Kier molecular flexibility index (Phi) is 4.47. The van der Waals surface area contributed by atoms with Crippen LogP contribution in [0.5, 0.6) is 0 Å². The molecule has 0 atom stereocenters. The second kappa shape index (κ2) is 5.70. The second-order valence-corrected chi connectivity index (χ2v) is 3.18. The highest BCUT2D eigenvalue weighted by Gasteiger charge is 1.97. The predicted octanol–water partition coefficient (Wildman–Crippen LogP) is 1.94. The molecule has 0 aromatic rings. The van der Waals surface area contributed by atoms with Crippen LogP contribution < -0.4 is 5.32 Å². The number of likely N-dealkylation sites (N-methyl/N-ethyl adjacent to an activating group) is 1. The number of nitrogens with zero attached hydrogens (tertiary/aromatic N) is 1. The van der Waals surface area contributed by atoms with Gasteiger partial charge in [-0.25, -0.2) is 0 Å². The van der Waals surface area contributed by atoms with E-state index in [1.165, 1.54) is 11.3 Å². The van der Waals surface area contributed by atoms with Gasteiger partial charge in [0.25, 0.3) is 0 Å². The molecule has 0 bridgehead atoms. The minimum atomic E-state index is 0.838. The largest absolute Gasteiger partial charge is 0.316 e. The summed E-state index contributed by atoms with van der Waals surface area (Å²) in [7, 11) is 1.97. The Balaban J connectivity index is 2.60. The average molecular weight is 178 g/mol. The van der Waals surface area contributed by atoms with Gasteiger partial charge in [-0.15, -0.1) is 0 Å². The van der Waals surface area contributed by atoms with Gasteiger partial charge in [0.15, 0.2) is 0 Å². The highest BCUT2D eigenvalue weighted by atomic mass is 14.8. The van der Waals surface area contributed by atoms with Crippen LogP contribution in [0, 0.1) is 0 Å². The third kappa shape index (κ3) is 3.55. The summed E-state index contributed by atoms with van der Waals surface area (Å²) in [6, 6.07) is 0. The van der Waals surface area contributed by atoms with E-state index in [1.807, 2.05) is 7.05 Å². The first-order valence-corrected chi connectivity index (χ1v) is 4.89. The van der Waals surface area contributed by atoms with Crippen molar-refractivity contribution < 1.29 is 0 Å². The standard InChI is InChI=1S/C11H18N2/c1-3-11-6-4-5-10(9-12-2)7-8-13-11/h4-5,7,12H,3,6,8-9H2,1-2H3/b5-4-,10-7?,13-11-. The van der Waals surface area contributed by atoms with Crippen LogP contribution >= 0.6 is 0 Å². The van der Waals surface area contributed by atoms with Crippen molar-refractivity contribution in [2.45, 2.75) is 19.8 Å². The first-order valence-electron chi connectivity index (χ1n) is 4.89. The van der Waals surface area contributed by atoms with Crippen molar-refractivity contribution in [2.75, 3.05) is 20.1 Å². The third-order valence-electron chi connectivity index (χ3n) is 2.14. The van der Waals surface area contributed by atoms with Crippen molar-refractivity contribution in [3.63, 3.8) is 0 Å². The maximum Gasteiger partial charge on any atom is 0.0575 e. The van der Waals surface area contributed by atoms with Crippen LogP contribution in [0.2, 0.25) is 0 Å². The summed E-state index contributed by atoms with van der Waals surface area (Å²) < 4.78 is 0. The van der Waals surface area contributed by atoms with Crippen molar-refractivity contribution in [3.05, 3.63) is 23.8 Å². The summed E-state index contributed by atoms with van der Waals surface area (Å²) in [6.07, 6.45) is 8.66. The smallest absolute Gasteiger partial charge is 0.0575 e. The Morgan fingerprint density at radius 2 is 2.38 bits per heavy atom. The lowest BCUT2D eigenvalue weighted by Gasteiger charge is -2.05. The summed E-state index contributed by atoms with van der Waals surface area (Å²) in [5, 5.41) is 3.14. The summed E-state index contributed by atoms with van der Waals surface area (Å²) in [4.78, 5) is 4.50. The molecule has 0 unspecified atom stereocenters. The fourth-order valence-corrected chi connectivity index (χ4v) is 1.36. The second-order valence-electron chi connectivity index (χ2n) is 3.18. The van der Waals surface area contributed by atoms with Crippen molar-refractivity contribution >= 4 is 5.71 Å². The predicted molar refractivity (Wildman–Crippen MR) is 58.4 cm³/mol. The molecule has 1 heterocycles. The molecule has 2 heteroatoms. The molecule has 1 N–H and O–H groups in total. The van der Waals surface area contributed by atoms with Crippen LogP contribution in [-0.4, -0.2) is 25.8 Å². The summed E-state index contributed by atoms with van der Waals surface area (Å²) >= 11 is 0. The normalized spacial score (nSPS) is 23.8. The van der Waals surface area contributed by atoms with E-state index < -0.39 is 0 Å². The molecule has 0 radical (unpaired) electrons. The number of hydrogen-bond acceptors (Lipinski definition) is 2. The lowest BCUT2D eigenvalue weighted by molar-refractivity contribution is 0.889. The molecule has 0 spiro atoms. The molecule has 2 nitrogen and oxygen atoms in total. The Bertz CT molecular complexity index is 236. The summed E-state index contributed by atoms with van der Waals surface area (Å²) in [5.74, 6) is 0. The van der Waals surface area contributed by atoms with Crippen molar-refractivity contribution in [2.24, 2.45) is 4.99 Å². The van der Waals surface area contributed by atoms with Crippen LogP contribution in [-0.2, 0) is 0 Å². The molecule has 1 aliphatic rings. The van der Waals surface area contributed by atoms with Gasteiger partial charge in [0.1, 0.15) is 0 Å². The van der Waals surface area contributed by atoms with Crippen LogP contribution in [0.4, 0.5) is 0 Å². The van der Waals surface area contributed by atoms with Crippen molar-refractivity contribution in [1.29, 1.82) is 0 Å². The van der Waals surface area contributed by atoms with Crippen LogP contribution in [0.1, 0.15) is 19.8 Å². The number of rotatable bonds is 3. The van der Waals surface area contributed by atoms with Gasteiger partial charge >= 0.3 is 0 Å². The molecule has 72 valence electrons. The van der Waals surface area contributed by atoms with Crippen molar-refractivity contribution in [1.82, 2.24) is 5.32 Å². The van der Waals surface area contributed by atoms with E-state index in [1.54, 1.807) is 0 Å². The van der Waals surface area contributed by atoms with Gasteiger partial charge in [-0.3, -0.25) is 4.99 Å². The van der Waals surface area contributed by atoms with E-state index >= 15 is 0 Å². The van der Waals surface area contributed by atoms with Crippen LogP contribution in [0.15, 0.2) is 28.8 Å². The molecule has 0 fully saturated rings. The topological polar surface area (TPSA) is 24.4 Å². The SMILES string of the molecule is CC/C1=N/CC=C(CNC)/C=C\C1. The highest BCUT2D eigenvalue weighted by molar-refractivity contribution is 5.85. The lowest BCUT2D eigenvalue weighted by Crippen LogP contribution is -2.10. The van der Waals surface area contributed by atoms with E-state index in [-0.39, 0.29) is 0 Å². The number of hydrogen-bond donors (Lipinski definition) is 1. The Morgan fingerprint density at radius 1 is 1.54 bits per heavy atom. The monoisotopic (exact) mass is 178 g/mol. The maximum absolute atomic E-state index is 4.50. The van der Waals surface area contributed by atoms with Gasteiger partial charge in [-0.1, -0.05) is 25.2 Å². The number of nitrogens with one attached hydrogen (secondary N) is 1. The zero-order valence-corrected chi connectivity index (χ0v) is 8.51. The molecule has 0 aliphatic carbocycles. The van der Waals surface area contributed by atoms with Crippen LogP contribution in [0.3, 0.4) is 0 Å². The molecule has 0 aromatic carbocycles. The van der Waals surface area contributed by atoms with Crippen molar-refractivity contribution in [3.8, 4) is 0 Å². The minimum absolute atomic E-state index is 0.838. The third-order valence-corrected chi connectivity index (χ3v) is 2.14.